The molecule has 0 aromatic heterocycles. The fraction of sp³-hybridized carbons (Fsp3) is 0.200. The molecule has 4 aromatic rings. The third kappa shape index (κ3) is 8.12. The number of amides is 2. The average molecular weight is 671 g/mol. The van der Waals surface area contributed by atoms with E-state index in [1.165, 1.54) is 9.80 Å². The highest BCUT2D eigenvalue weighted by atomic mass is 16.5. The van der Waals surface area contributed by atoms with Crippen LogP contribution in [-0.4, -0.2) is 56.9 Å². The van der Waals surface area contributed by atoms with E-state index in [4.69, 9.17) is 22.3 Å². The molecule has 0 heterocycles. The molecule has 2 N–H and O–H groups in total. The molecule has 0 radical (unpaired) electrons. The second-order valence-corrected chi connectivity index (χ2v) is 11.7. The van der Waals surface area contributed by atoms with Crippen LogP contribution >= 0.6 is 0 Å². The molecule has 1 aliphatic carbocycles. The Morgan fingerprint density at radius 3 is 1.14 bits per heavy atom. The maximum Gasteiger partial charge on any atom is 0.308 e. The summed E-state index contributed by atoms with van der Waals surface area (Å²) in [6.45, 7) is -0.449. The van der Waals surface area contributed by atoms with Crippen molar-refractivity contribution < 1.29 is 38.9 Å². The van der Waals surface area contributed by atoms with Gasteiger partial charge in [0.2, 0.25) is 11.8 Å². The average Bonchev–Trinajstić information content (AvgIpc) is 3.09. The van der Waals surface area contributed by atoms with E-state index in [1.807, 2.05) is 36.4 Å². The molecule has 4 aromatic carbocycles. The minimum atomic E-state index is -1.61. The van der Waals surface area contributed by atoms with Gasteiger partial charge in [0.1, 0.15) is 23.0 Å². The number of nitrogens with zero attached hydrogens (tertiary/aromatic N) is 2. The molecule has 0 aliphatic heterocycles. The molecule has 10 heteroatoms. The summed E-state index contributed by atoms with van der Waals surface area (Å²) in [5, 5.41) is 20.5. The van der Waals surface area contributed by atoms with Gasteiger partial charge in [0.05, 0.1) is 36.8 Å². The van der Waals surface area contributed by atoms with Crippen molar-refractivity contribution in [1.82, 2.24) is 9.80 Å². The first-order chi connectivity index (χ1) is 24.2. The first-order valence-electron chi connectivity index (χ1n) is 15.7. The van der Waals surface area contributed by atoms with Crippen molar-refractivity contribution in [1.29, 1.82) is 0 Å². The third-order valence-corrected chi connectivity index (χ3v) is 8.43. The van der Waals surface area contributed by atoms with E-state index in [0.717, 1.165) is 0 Å². The standard InChI is InChI=1S/C40H34N2O8/c1-3-23-41(25-27-15-19-31(20-16-27)49-29-11-7-5-8-12-29)37(43)33-35(39(45)46)34(36(33)40(47)48)38(44)42(24-4-2)26-28-17-21-32(22-18-28)50-30-13-9-6-10-14-30/h1-2,5-22,33-36H,23-26H2,(H,45,46)(H,47,48)/t33-,34-,35-,36-. The lowest BCUT2D eigenvalue weighted by Crippen LogP contribution is -2.64. The fourth-order valence-corrected chi connectivity index (χ4v) is 6.06. The maximum atomic E-state index is 13.9. The Labute approximate surface area is 289 Å². The van der Waals surface area contributed by atoms with Gasteiger partial charge >= 0.3 is 11.9 Å². The second kappa shape index (κ2) is 16.1. The Morgan fingerprint density at radius 1 is 0.520 bits per heavy atom. The molecule has 0 unspecified atom stereocenters. The Hall–Kier alpha value is -6.52. The van der Waals surface area contributed by atoms with Crippen LogP contribution in [0, 0.1) is 48.4 Å². The van der Waals surface area contributed by atoms with E-state index in [2.05, 4.69) is 11.8 Å². The fourth-order valence-electron chi connectivity index (χ4n) is 6.06. The van der Waals surface area contributed by atoms with Gasteiger partial charge in [-0.15, -0.1) is 12.8 Å². The number of carbonyl (C=O) groups is 4. The third-order valence-electron chi connectivity index (χ3n) is 8.43. The molecule has 2 amide bonds. The first-order valence-corrected chi connectivity index (χ1v) is 15.7. The van der Waals surface area contributed by atoms with Crippen LogP contribution in [0.5, 0.6) is 23.0 Å². The van der Waals surface area contributed by atoms with Crippen LogP contribution in [0.15, 0.2) is 109 Å². The quantitative estimate of drug-likeness (QED) is 0.167. The van der Waals surface area contributed by atoms with Gasteiger partial charge in [0.15, 0.2) is 0 Å². The van der Waals surface area contributed by atoms with Crippen molar-refractivity contribution in [3.05, 3.63) is 120 Å². The highest BCUT2D eigenvalue weighted by Gasteiger charge is 2.64. The topological polar surface area (TPSA) is 134 Å². The van der Waals surface area contributed by atoms with Crippen LogP contribution in [0.2, 0.25) is 0 Å². The van der Waals surface area contributed by atoms with Crippen molar-refractivity contribution in [3.8, 4) is 47.7 Å². The number of hydrogen-bond donors (Lipinski definition) is 2. The van der Waals surface area contributed by atoms with Crippen molar-refractivity contribution in [2.75, 3.05) is 13.1 Å². The van der Waals surface area contributed by atoms with Gasteiger partial charge in [-0.2, -0.15) is 0 Å². The molecule has 0 bridgehead atoms. The molecule has 1 fully saturated rings. The van der Waals surface area contributed by atoms with Gasteiger partial charge in [0, 0.05) is 13.1 Å². The van der Waals surface area contributed by atoms with Gasteiger partial charge in [-0.1, -0.05) is 72.5 Å². The number of carbonyl (C=O) groups excluding carboxylic acids is 2. The Balaban J connectivity index is 1.31. The number of para-hydroxylation sites is 2. The zero-order valence-corrected chi connectivity index (χ0v) is 26.9. The van der Waals surface area contributed by atoms with Crippen LogP contribution in [0.25, 0.3) is 0 Å². The number of carboxylic acids is 2. The van der Waals surface area contributed by atoms with Crippen LogP contribution in [0.3, 0.4) is 0 Å². The number of ether oxygens (including phenoxy) is 2. The van der Waals surface area contributed by atoms with Gasteiger partial charge in [-0.25, -0.2) is 0 Å². The molecule has 1 aliphatic rings. The lowest BCUT2D eigenvalue weighted by Gasteiger charge is -2.48. The van der Waals surface area contributed by atoms with Crippen LogP contribution in [-0.2, 0) is 32.3 Å². The summed E-state index contributed by atoms with van der Waals surface area (Å²) < 4.78 is 11.6. The van der Waals surface area contributed by atoms with Gasteiger partial charge in [-0.05, 0) is 59.7 Å². The van der Waals surface area contributed by atoms with E-state index in [9.17, 15) is 29.4 Å². The highest BCUT2D eigenvalue weighted by Crippen LogP contribution is 2.49. The molecular formula is C40H34N2O8. The smallest absolute Gasteiger partial charge is 0.308 e. The van der Waals surface area contributed by atoms with Crippen LogP contribution in [0.4, 0.5) is 0 Å². The normalized spacial score (nSPS) is 17.6. The second-order valence-electron chi connectivity index (χ2n) is 11.7. The Kier molecular flexibility index (Phi) is 11.2. The molecule has 5 rings (SSSR count). The van der Waals surface area contributed by atoms with Crippen LogP contribution < -0.4 is 9.47 Å². The van der Waals surface area contributed by atoms with Crippen LogP contribution in [0.1, 0.15) is 11.1 Å². The molecule has 50 heavy (non-hydrogen) atoms. The SMILES string of the molecule is C#CCN(Cc1ccc(Oc2ccccc2)cc1)C(=O)[C@H]1[C@H](C(=O)O)[C@H](C(=O)N(CC#C)Cc2ccc(Oc3ccccc3)cc2)[C@H]1C(=O)O. The lowest BCUT2D eigenvalue weighted by molar-refractivity contribution is -0.187. The monoisotopic (exact) mass is 670 g/mol. The Bertz CT molecular complexity index is 1750. The summed E-state index contributed by atoms with van der Waals surface area (Å²) in [6.07, 6.45) is 11.1. The van der Waals surface area contributed by atoms with Crippen molar-refractivity contribution in [2.45, 2.75) is 13.1 Å². The Morgan fingerprint density at radius 2 is 0.840 bits per heavy atom. The number of carboxylic acid groups (broad SMARTS) is 2. The maximum absolute atomic E-state index is 13.9. The zero-order chi connectivity index (χ0) is 35.6. The largest absolute Gasteiger partial charge is 0.481 e. The van der Waals surface area contributed by atoms with Gasteiger partial charge < -0.3 is 29.5 Å². The highest BCUT2D eigenvalue weighted by molar-refractivity contribution is 5.99. The van der Waals surface area contributed by atoms with Crippen molar-refractivity contribution >= 4 is 23.8 Å². The van der Waals surface area contributed by atoms with E-state index in [1.54, 1.807) is 72.8 Å². The molecule has 252 valence electrons. The summed E-state index contributed by atoms with van der Waals surface area (Å²) in [6, 6.07) is 32.1. The summed E-state index contributed by atoms with van der Waals surface area (Å²) >= 11 is 0. The number of aliphatic carboxylic acids is 2. The number of hydrogen-bond acceptors (Lipinski definition) is 6. The molecule has 1 saturated carbocycles. The minimum Gasteiger partial charge on any atom is -0.481 e. The molecule has 10 nitrogen and oxygen atoms in total. The zero-order valence-electron chi connectivity index (χ0n) is 26.9. The summed E-state index contributed by atoms with van der Waals surface area (Å²) in [4.78, 5) is 55.4. The number of terminal acetylenes is 2. The molecule has 0 spiro atoms. The molecular weight excluding hydrogens is 636 g/mol. The van der Waals surface area contributed by atoms with E-state index < -0.39 is 47.4 Å². The van der Waals surface area contributed by atoms with E-state index in [0.29, 0.717) is 34.1 Å². The summed E-state index contributed by atoms with van der Waals surface area (Å²) in [7, 11) is 0. The lowest BCUT2D eigenvalue weighted by atomic mass is 9.55. The predicted octanol–water partition coefficient (Wildman–Crippen LogP) is 5.54. The molecule has 0 saturated heterocycles. The van der Waals surface area contributed by atoms with Crippen molar-refractivity contribution in [3.63, 3.8) is 0 Å². The van der Waals surface area contributed by atoms with Crippen molar-refractivity contribution in [2.24, 2.45) is 23.7 Å². The van der Waals surface area contributed by atoms with E-state index >= 15 is 0 Å². The first kappa shape index (κ1) is 34.8. The summed E-state index contributed by atoms with van der Waals surface area (Å²) in [5.74, 6) is -3.57. The minimum absolute atomic E-state index is 0.0182. The predicted molar refractivity (Wildman–Crippen MR) is 184 cm³/mol. The number of benzene rings is 4. The summed E-state index contributed by atoms with van der Waals surface area (Å²) in [5.41, 5.74) is 1.31. The van der Waals surface area contributed by atoms with Gasteiger partial charge in [0.25, 0.3) is 0 Å². The van der Waals surface area contributed by atoms with Gasteiger partial charge in [-0.3, -0.25) is 19.2 Å². The molecule has 0 atom stereocenters. The van der Waals surface area contributed by atoms with E-state index in [-0.39, 0.29) is 26.2 Å². The number of rotatable bonds is 14.